The number of fused-ring (bicyclic) bond motifs is 5. The van der Waals surface area contributed by atoms with E-state index in [1.165, 1.54) is 38.5 Å². The lowest BCUT2D eigenvalue weighted by Crippen LogP contribution is -2.51. The molecule has 0 amide bonds. The summed E-state index contributed by atoms with van der Waals surface area (Å²) >= 11 is 0. The monoisotopic (exact) mass is 398 g/mol. The molecule has 1 aromatic rings. The van der Waals surface area contributed by atoms with Crippen LogP contribution in [0.25, 0.3) is 0 Å². The zero-order valence-corrected chi connectivity index (χ0v) is 18.2. The Balaban J connectivity index is 1.31. The number of imidazole rings is 1. The molecular weight excluding hydrogens is 360 g/mol. The molecule has 29 heavy (non-hydrogen) atoms. The number of aliphatic hydroxyl groups is 1. The summed E-state index contributed by atoms with van der Waals surface area (Å²) in [6.07, 6.45) is 15.6. The van der Waals surface area contributed by atoms with Gasteiger partial charge in [0.2, 0.25) is 0 Å². The third-order valence-electron chi connectivity index (χ3n) is 10.1. The molecular formula is C25H38N2O2. The first-order valence-electron chi connectivity index (χ1n) is 12.2. The first-order valence-corrected chi connectivity index (χ1v) is 12.2. The number of aromatic nitrogens is 2. The Morgan fingerprint density at radius 3 is 2.72 bits per heavy atom. The van der Waals surface area contributed by atoms with Gasteiger partial charge in [0, 0.05) is 24.2 Å². The highest BCUT2D eigenvalue weighted by atomic mass is 16.3. The molecule has 0 unspecified atom stereocenters. The standard InChI is InChI=1S/C25H38N2O2/c1-3-25(29)11-9-18-16(13-25)4-5-20-19(18)8-10-24(2)21(20)6-7-22(24)23(28)12-17-14-26-15-27-17/h14-16,18-22,29H,3-13H2,1-2H3,(H,26,27)/t16-,18-,19+,20+,21-,22+,24-,25+/m0/s1. The van der Waals surface area contributed by atoms with Crippen LogP contribution in [0.4, 0.5) is 0 Å². The SMILES string of the molecule is CC[C@@]1(O)CC[C@H]2[C@@H](CC[C@@H]3[C@@H]2CC[C@]2(C)[C@@H](C(=O)Cc4cnc[nH]4)CC[C@@H]32)C1. The number of nitrogens with zero attached hydrogens (tertiary/aromatic N) is 1. The van der Waals surface area contributed by atoms with E-state index in [1.54, 1.807) is 12.5 Å². The van der Waals surface area contributed by atoms with Gasteiger partial charge in [-0.05, 0) is 99.2 Å². The Bertz CT molecular complexity index is 746. The van der Waals surface area contributed by atoms with Crippen LogP contribution in [0.3, 0.4) is 0 Å². The molecule has 8 atom stereocenters. The van der Waals surface area contributed by atoms with E-state index >= 15 is 0 Å². The molecule has 5 rings (SSSR count). The molecule has 2 N–H and O–H groups in total. The molecule has 0 aliphatic heterocycles. The maximum atomic E-state index is 13.2. The quantitative estimate of drug-likeness (QED) is 0.756. The summed E-state index contributed by atoms with van der Waals surface area (Å²) in [7, 11) is 0. The Morgan fingerprint density at radius 1 is 1.14 bits per heavy atom. The highest BCUT2D eigenvalue weighted by molar-refractivity contribution is 5.84. The van der Waals surface area contributed by atoms with Crippen LogP contribution in [0.5, 0.6) is 0 Å². The second-order valence-electron chi connectivity index (χ2n) is 11.2. The van der Waals surface area contributed by atoms with Crippen molar-refractivity contribution in [3.8, 4) is 0 Å². The Hall–Kier alpha value is -1.16. The summed E-state index contributed by atoms with van der Waals surface area (Å²) < 4.78 is 0. The molecule has 4 aliphatic rings. The van der Waals surface area contributed by atoms with Crippen molar-refractivity contribution in [2.45, 2.75) is 90.1 Å². The molecule has 4 heteroatoms. The predicted molar refractivity (Wildman–Crippen MR) is 113 cm³/mol. The highest BCUT2D eigenvalue weighted by Crippen LogP contribution is 2.64. The summed E-state index contributed by atoms with van der Waals surface area (Å²) in [4.78, 5) is 20.4. The minimum atomic E-state index is -0.394. The Kier molecular flexibility index (Phi) is 4.92. The third kappa shape index (κ3) is 3.21. The number of ketones is 1. The van der Waals surface area contributed by atoms with Crippen LogP contribution in [0.2, 0.25) is 0 Å². The molecule has 0 spiro atoms. The highest BCUT2D eigenvalue weighted by Gasteiger charge is 2.58. The normalized spacial score (nSPS) is 46.6. The minimum Gasteiger partial charge on any atom is -0.390 e. The number of H-pyrrole nitrogens is 1. The van der Waals surface area contributed by atoms with Gasteiger partial charge >= 0.3 is 0 Å². The van der Waals surface area contributed by atoms with Gasteiger partial charge in [-0.15, -0.1) is 0 Å². The molecule has 0 saturated heterocycles. The molecule has 0 radical (unpaired) electrons. The van der Waals surface area contributed by atoms with Crippen molar-refractivity contribution in [2.75, 3.05) is 0 Å². The van der Waals surface area contributed by atoms with Crippen molar-refractivity contribution in [1.29, 1.82) is 0 Å². The van der Waals surface area contributed by atoms with E-state index in [0.29, 0.717) is 12.2 Å². The van der Waals surface area contributed by atoms with Crippen LogP contribution >= 0.6 is 0 Å². The van der Waals surface area contributed by atoms with Crippen LogP contribution in [0.1, 0.15) is 83.7 Å². The van der Waals surface area contributed by atoms with E-state index in [9.17, 15) is 9.90 Å². The van der Waals surface area contributed by atoms with E-state index in [1.807, 2.05) is 0 Å². The van der Waals surface area contributed by atoms with Gasteiger partial charge < -0.3 is 10.1 Å². The van der Waals surface area contributed by atoms with Gasteiger partial charge in [-0.3, -0.25) is 4.79 Å². The minimum absolute atomic E-state index is 0.198. The number of rotatable bonds is 4. The number of hydrogen-bond donors (Lipinski definition) is 2. The summed E-state index contributed by atoms with van der Waals surface area (Å²) in [5, 5.41) is 10.9. The number of Topliss-reactive ketones (excluding diaryl/α,β-unsaturated/α-hetero) is 1. The van der Waals surface area contributed by atoms with Crippen LogP contribution < -0.4 is 0 Å². The second kappa shape index (κ2) is 7.21. The topological polar surface area (TPSA) is 66.0 Å². The molecule has 160 valence electrons. The molecule has 1 heterocycles. The molecule has 4 aliphatic carbocycles. The van der Waals surface area contributed by atoms with Gasteiger partial charge in [0.25, 0.3) is 0 Å². The van der Waals surface area contributed by atoms with E-state index in [0.717, 1.165) is 61.0 Å². The van der Waals surface area contributed by atoms with E-state index in [-0.39, 0.29) is 11.3 Å². The maximum absolute atomic E-state index is 13.2. The fraction of sp³-hybridized carbons (Fsp3) is 0.840. The lowest BCUT2D eigenvalue weighted by molar-refractivity contribution is -0.132. The Morgan fingerprint density at radius 2 is 1.97 bits per heavy atom. The number of carbonyl (C=O) groups is 1. The lowest BCUT2D eigenvalue weighted by atomic mass is 9.48. The van der Waals surface area contributed by atoms with E-state index < -0.39 is 5.60 Å². The van der Waals surface area contributed by atoms with Crippen LogP contribution in [0, 0.1) is 40.9 Å². The van der Waals surface area contributed by atoms with Crippen LogP contribution in [-0.4, -0.2) is 26.5 Å². The zero-order chi connectivity index (χ0) is 20.2. The summed E-state index contributed by atoms with van der Waals surface area (Å²) in [6, 6.07) is 0. The summed E-state index contributed by atoms with van der Waals surface area (Å²) in [5.41, 5.74) is 0.764. The summed E-state index contributed by atoms with van der Waals surface area (Å²) in [6.45, 7) is 4.59. The van der Waals surface area contributed by atoms with Crippen molar-refractivity contribution in [2.24, 2.45) is 40.9 Å². The number of carbonyl (C=O) groups excluding carboxylic acids is 1. The average Bonchev–Trinajstić information content (AvgIpc) is 3.34. The Labute approximate surface area is 175 Å². The largest absolute Gasteiger partial charge is 0.390 e. The number of nitrogens with one attached hydrogen (secondary N) is 1. The summed E-state index contributed by atoms with van der Waals surface area (Å²) in [5.74, 6) is 4.60. The molecule has 0 aromatic carbocycles. The van der Waals surface area contributed by atoms with Crippen molar-refractivity contribution in [1.82, 2.24) is 9.97 Å². The first-order chi connectivity index (χ1) is 13.9. The number of hydrogen-bond acceptors (Lipinski definition) is 3. The predicted octanol–water partition coefficient (Wildman–Crippen LogP) is 4.93. The second-order valence-corrected chi connectivity index (χ2v) is 11.2. The van der Waals surface area contributed by atoms with Crippen molar-refractivity contribution < 1.29 is 9.90 Å². The van der Waals surface area contributed by atoms with Gasteiger partial charge in [0.05, 0.1) is 11.9 Å². The molecule has 1 aromatic heterocycles. The van der Waals surface area contributed by atoms with Crippen molar-refractivity contribution in [3.05, 3.63) is 18.2 Å². The fourth-order valence-electron chi connectivity index (χ4n) is 8.50. The lowest BCUT2D eigenvalue weighted by Gasteiger charge is -2.57. The maximum Gasteiger partial charge on any atom is 0.142 e. The van der Waals surface area contributed by atoms with E-state index in [2.05, 4.69) is 23.8 Å². The zero-order valence-electron chi connectivity index (χ0n) is 18.2. The average molecular weight is 399 g/mol. The third-order valence-corrected chi connectivity index (χ3v) is 10.1. The fourth-order valence-corrected chi connectivity index (χ4v) is 8.50. The van der Waals surface area contributed by atoms with Gasteiger partial charge in [-0.2, -0.15) is 0 Å². The van der Waals surface area contributed by atoms with Crippen LogP contribution in [0.15, 0.2) is 12.5 Å². The van der Waals surface area contributed by atoms with Gasteiger partial charge in [-0.1, -0.05) is 13.8 Å². The van der Waals surface area contributed by atoms with Crippen molar-refractivity contribution in [3.63, 3.8) is 0 Å². The van der Waals surface area contributed by atoms with E-state index in [4.69, 9.17) is 0 Å². The smallest absolute Gasteiger partial charge is 0.142 e. The number of aromatic amines is 1. The molecule has 4 fully saturated rings. The van der Waals surface area contributed by atoms with Crippen molar-refractivity contribution >= 4 is 5.78 Å². The van der Waals surface area contributed by atoms with Gasteiger partial charge in [0.15, 0.2) is 0 Å². The van der Waals surface area contributed by atoms with Gasteiger partial charge in [0.1, 0.15) is 5.78 Å². The molecule has 4 saturated carbocycles. The van der Waals surface area contributed by atoms with Gasteiger partial charge in [-0.25, -0.2) is 4.98 Å². The van der Waals surface area contributed by atoms with Crippen LogP contribution in [-0.2, 0) is 11.2 Å². The molecule has 4 nitrogen and oxygen atoms in total. The first kappa shape index (κ1) is 19.8. The molecule has 0 bridgehead atoms.